The SMILES string of the molecule is Cc1cc(N)ccc1C(=O)CCC1CCCCC1. The fraction of sp³-hybridized carbons (Fsp3) is 0.562. The van der Waals surface area contributed by atoms with Crippen LogP contribution in [0, 0.1) is 12.8 Å². The molecular formula is C16H23NO. The predicted molar refractivity (Wildman–Crippen MR) is 75.7 cm³/mol. The molecule has 98 valence electrons. The van der Waals surface area contributed by atoms with Crippen molar-refractivity contribution in [2.75, 3.05) is 5.73 Å². The molecule has 0 saturated heterocycles. The van der Waals surface area contributed by atoms with Crippen molar-refractivity contribution in [1.82, 2.24) is 0 Å². The van der Waals surface area contributed by atoms with Crippen molar-refractivity contribution in [2.45, 2.75) is 51.9 Å². The molecule has 0 aliphatic heterocycles. The first kappa shape index (κ1) is 13.1. The molecule has 1 aliphatic rings. The van der Waals surface area contributed by atoms with Gasteiger partial charge in [-0.1, -0.05) is 32.1 Å². The minimum Gasteiger partial charge on any atom is -0.399 e. The van der Waals surface area contributed by atoms with E-state index in [2.05, 4.69) is 0 Å². The van der Waals surface area contributed by atoms with Crippen LogP contribution in [0.1, 0.15) is 60.9 Å². The fourth-order valence-electron chi connectivity index (χ4n) is 2.95. The van der Waals surface area contributed by atoms with Gasteiger partial charge >= 0.3 is 0 Å². The van der Waals surface area contributed by atoms with Gasteiger partial charge in [-0.15, -0.1) is 0 Å². The number of anilines is 1. The van der Waals surface area contributed by atoms with Crippen molar-refractivity contribution in [3.63, 3.8) is 0 Å². The molecule has 0 amide bonds. The van der Waals surface area contributed by atoms with Crippen molar-refractivity contribution in [3.05, 3.63) is 29.3 Å². The number of ketones is 1. The molecular weight excluding hydrogens is 222 g/mol. The monoisotopic (exact) mass is 245 g/mol. The van der Waals surface area contributed by atoms with Gasteiger partial charge in [0.25, 0.3) is 0 Å². The molecule has 0 atom stereocenters. The van der Waals surface area contributed by atoms with Gasteiger partial charge in [0.2, 0.25) is 0 Å². The number of hydrogen-bond acceptors (Lipinski definition) is 2. The van der Waals surface area contributed by atoms with E-state index in [1.807, 2.05) is 25.1 Å². The highest BCUT2D eigenvalue weighted by Gasteiger charge is 2.16. The lowest BCUT2D eigenvalue weighted by atomic mass is 9.85. The van der Waals surface area contributed by atoms with Crippen molar-refractivity contribution in [1.29, 1.82) is 0 Å². The quantitative estimate of drug-likeness (QED) is 0.640. The number of carbonyl (C=O) groups is 1. The van der Waals surface area contributed by atoms with Crippen LogP contribution in [0.2, 0.25) is 0 Å². The summed E-state index contributed by atoms with van der Waals surface area (Å²) in [6, 6.07) is 5.57. The molecule has 2 rings (SSSR count). The van der Waals surface area contributed by atoms with E-state index in [-0.39, 0.29) is 5.78 Å². The first-order chi connectivity index (χ1) is 8.66. The van der Waals surface area contributed by atoms with Crippen LogP contribution in [0.3, 0.4) is 0 Å². The van der Waals surface area contributed by atoms with Gasteiger partial charge in [0.15, 0.2) is 5.78 Å². The molecule has 2 nitrogen and oxygen atoms in total. The molecule has 1 aromatic rings. The number of Topliss-reactive ketones (excluding diaryl/α,β-unsaturated/α-hetero) is 1. The van der Waals surface area contributed by atoms with Crippen LogP contribution < -0.4 is 5.73 Å². The molecule has 1 aliphatic carbocycles. The number of hydrogen-bond donors (Lipinski definition) is 1. The van der Waals surface area contributed by atoms with Gasteiger partial charge in [0.1, 0.15) is 0 Å². The van der Waals surface area contributed by atoms with E-state index in [1.165, 1.54) is 32.1 Å². The van der Waals surface area contributed by atoms with E-state index >= 15 is 0 Å². The molecule has 2 heteroatoms. The molecule has 2 N–H and O–H groups in total. The third kappa shape index (κ3) is 3.34. The Balaban J connectivity index is 1.90. The second kappa shape index (κ2) is 6.03. The minimum atomic E-state index is 0.276. The van der Waals surface area contributed by atoms with Crippen molar-refractivity contribution in [2.24, 2.45) is 5.92 Å². The smallest absolute Gasteiger partial charge is 0.163 e. The zero-order valence-electron chi connectivity index (χ0n) is 11.2. The van der Waals surface area contributed by atoms with Gasteiger partial charge in [0.05, 0.1) is 0 Å². The normalized spacial score (nSPS) is 16.7. The first-order valence-corrected chi connectivity index (χ1v) is 7.06. The van der Waals surface area contributed by atoms with Crippen LogP contribution >= 0.6 is 0 Å². The molecule has 0 unspecified atom stereocenters. The summed E-state index contributed by atoms with van der Waals surface area (Å²) in [6.07, 6.45) is 8.45. The lowest BCUT2D eigenvalue weighted by Crippen LogP contribution is -2.10. The summed E-state index contributed by atoms with van der Waals surface area (Å²) in [7, 11) is 0. The molecule has 1 aromatic carbocycles. The van der Waals surface area contributed by atoms with Crippen molar-refractivity contribution in [3.8, 4) is 0 Å². The number of nitrogen functional groups attached to an aromatic ring is 1. The summed E-state index contributed by atoms with van der Waals surface area (Å²) in [5.41, 5.74) is 8.29. The summed E-state index contributed by atoms with van der Waals surface area (Å²) in [4.78, 5) is 12.2. The van der Waals surface area contributed by atoms with Crippen LogP contribution in [0.15, 0.2) is 18.2 Å². The topological polar surface area (TPSA) is 43.1 Å². The summed E-state index contributed by atoms with van der Waals surface area (Å²) in [5.74, 6) is 1.05. The number of aryl methyl sites for hydroxylation is 1. The Morgan fingerprint density at radius 2 is 2.00 bits per heavy atom. The maximum Gasteiger partial charge on any atom is 0.163 e. The van der Waals surface area contributed by atoms with Crippen LogP contribution in [-0.4, -0.2) is 5.78 Å². The lowest BCUT2D eigenvalue weighted by Gasteiger charge is -2.21. The molecule has 0 radical (unpaired) electrons. The molecule has 1 saturated carbocycles. The van der Waals surface area contributed by atoms with E-state index in [9.17, 15) is 4.79 Å². The summed E-state index contributed by atoms with van der Waals surface area (Å²) in [6.45, 7) is 1.96. The Hall–Kier alpha value is -1.31. The highest BCUT2D eigenvalue weighted by molar-refractivity contribution is 5.97. The Morgan fingerprint density at radius 3 is 2.67 bits per heavy atom. The van der Waals surface area contributed by atoms with E-state index in [4.69, 9.17) is 5.73 Å². The molecule has 0 spiro atoms. The second-order valence-electron chi connectivity index (χ2n) is 5.54. The maximum absolute atomic E-state index is 12.2. The highest BCUT2D eigenvalue weighted by atomic mass is 16.1. The van der Waals surface area contributed by atoms with Gasteiger partial charge in [0, 0.05) is 17.7 Å². The zero-order chi connectivity index (χ0) is 13.0. The molecule has 0 heterocycles. The van der Waals surface area contributed by atoms with E-state index in [0.29, 0.717) is 6.42 Å². The van der Waals surface area contributed by atoms with Gasteiger partial charge in [-0.3, -0.25) is 4.79 Å². The van der Waals surface area contributed by atoms with E-state index in [1.54, 1.807) is 0 Å². The van der Waals surface area contributed by atoms with Gasteiger partial charge < -0.3 is 5.73 Å². The van der Waals surface area contributed by atoms with Crippen LogP contribution in [0.4, 0.5) is 5.69 Å². The van der Waals surface area contributed by atoms with Gasteiger partial charge in [-0.05, 0) is 43.0 Å². The Bertz CT molecular complexity index is 419. The van der Waals surface area contributed by atoms with Gasteiger partial charge in [-0.25, -0.2) is 0 Å². The molecule has 1 fully saturated rings. The number of rotatable bonds is 4. The van der Waals surface area contributed by atoms with Gasteiger partial charge in [-0.2, -0.15) is 0 Å². The number of nitrogens with two attached hydrogens (primary N) is 1. The molecule has 0 aromatic heterocycles. The zero-order valence-corrected chi connectivity index (χ0v) is 11.2. The molecule has 0 bridgehead atoms. The summed E-state index contributed by atoms with van der Waals surface area (Å²) in [5, 5.41) is 0. The highest BCUT2D eigenvalue weighted by Crippen LogP contribution is 2.28. The molecule has 18 heavy (non-hydrogen) atoms. The Kier molecular flexibility index (Phi) is 4.40. The first-order valence-electron chi connectivity index (χ1n) is 7.06. The lowest BCUT2D eigenvalue weighted by molar-refractivity contribution is 0.0969. The Morgan fingerprint density at radius 1 is 1.28 bits per heavy atom. The fourth-order valence-corrected chi connectivity index (χ4v) is 2.95. The predicted octanol–water partition coefficient (Wildman–Crippen LogP) is 4.12. The van der Waals surface area contributed by atoms with E-state index in [0.717, 1.165) is 29.2 Å². The number of carbonyl (C=O) groups excluding carboxylic acids is 1. The largest absolute Gasteiger partial charge is 0.399 e. The third-order valence-electron chi connectivity index (χ3n) is 4.06. The summed E-state index contributed by atoms with van der Waals surface area (Å²) >= 11 is 0. The van der Waals surface area contributed by atoms with Crippen molar-refractivity contribution < 1.29 is 4.79 Å². The minimum absolute atomic E-state index is 0.276. The Labute approximate surface area is 110 Å². The average molecular weight is 245 g/mol. The van der Waals surface area contributed by atoms with Crippen LogP contribution in [-0.2, 0) is 0 Å². The van der Waals surface area contributed by atoms with Crippen LogP contribution in [0.5, 0.6) is 0 Å². The second-order valence-corrected chi connectivity index (χ2v) is 5.54. The standard InChI is InChI=1S/C16H23NO/c1-12-11-14(17)8-9-15(12)16(18)10-7-13-5-3-2-4-6-13/h8-9,11,13H,2-7,10,17H2,1H3. The third-order valence-corrected chi connectivity index (χ3v) is 4.06. The summed E-state index contributed by atoms with van der Waals surface area (Å²) < 4.78 is 0. The van der Waals surface area contributed by atoms with Crippen molar-refractivity contribution >= 4 is 11.5 Å². The van der Waals surface area contributed by atoms with E-state index < -0.39 is 0 Å². The van der Waals surface area contributed by atoms with Crippen LogP contribution in [0.25, 0.3) is 0 Å². The average Bonchev–Trinajstić information content (AvgIpc) is 2.37. The maximum atomic E-state index is 12.2. The number of benzene rings is 1.